The van der Waals surface area contributed by atoms with Gasteiger partial charge in [0, 0.05) is 17.8 Å². The minimum atomic E-state index is -0.184. The van der Waals surface area contributed by atoms with Crippen molar-refractivity contribution in [1.29, 1.82) is 0 Å². The lowest BCUT2D eigenvalue weighted by Crippen LogP contribution is -1.95. The van der Waals surface area contributed by atoms with Crippen LogP contribution in [-0.4, -0.2) is 15.0 Å². The largest absolute Gasteiger partial charge is 0.261 e. The monoisotopic (exact) mass is 237 g/mol. The molecule has 2 aromatic heterocycles. The Morgan fingerprint density at radius 1 is 1.33 bits per heavy atom. The van der Waals surface area contributed by atoms with Crippen LogP contribution < -0.4 is 0 Å². The molecule has 3 nitrogen and oxygen atoms in total. The van der Waals surface area contributed by atoms with Crippen LogP contribution in [0.4, 0.5) is 0 Å². The Morgan fingerprint density at radius 2 is 2.20 bits per heavy atom. The molecule has 76 valence electrons. The number of hydrogen-bond acceptors (Lipinski definition) is 4. The van der Waals surface area contributed by atoms with Gasteiger partial charge in [0.15, 0.2) is 0 Å². The molecule has 0 aliphatic heterocycles. The van der Waals surface area contributed by atoms with Crippen LogP contribution in [0.1, 0.15) is 18.5 Å². The van der Waals surface area contributed by atoms with Gasteiger partial charge in [-0.3, -0.25) is 9.97 Å². The summed E-state index contributed by atoms with van der Waals surface area (Å²) in [6, 6.07) is 0. The number of alkyl halides is 1. The summed E-state index contributed by atoms with van der Waals surface area (Å²) < 4.78 is 0. The highest BCUT2D eigenvalue weighted by Gasteiger charge is 2.44. The van der Waals surface area contributed by atoms with E-state index in [0.717, 1.165) is 29.2 Å². The van der Waals surface area contributed by atoms with E-state index in [4.69, 9.17) is 11.6 Å². The smallest absolute Gasteiger partial charge is 0.143 e. The molecule has 1 aliphatic carbocycles. The van der Waals surface area contributed by atoms with Gasteiger partial charge in [-0.2, -0.15) is 0 Å². The zero-order valence-electron chi connectivity index (χ0n) is 7.85. The quantitative estimate of drug-likeness (QED) is 0.754. The molecule has 3 rings (SSSR count). The molecule has 1 aliphatic rings. The number of halogens is 1. The lowest BCUT2D eigenvalue weighted by atomic mass is 10.3. The summed E-state index contributed by atoms with van der Waals surface area (Å²) in [5.41, 5.74) is 1.80. The molecule has 2 heterocycles. The van der Waals surface area contributed by atoms with Crippen LogP contribution in [0.3, 0.4) is 0 Å². The lowest BCUT2D eigenvalue weighted by Gasteiger charge is -1.98. The molecule has 1 fully saturated rings. The van der Waals surface area contributed by atoms with Crippen molar-refractivity contribution in [3.63, 3.8) is 0 Å². The molecule has 2 aromatic rings. The minimum Gasteiger partial charge on any atom is -0.261 e. The zero-order chi connectivity index (χ0) is 10.3. The van der Waals surface area contributed by atoms with E-state index in [1.165, 1.54) is 0 Å². The van der Waals surface area contributed by atoms with Gasteiger partial charge in [-0.15, -0.1) is 22.9 Å². The first-order chi connectivity index (χ1) is 7.28. The summed E-state index contributed by atoms with van der Waals surface area (Å²) in [7, 11) is 0. The van der Waals surface area contributed by atoms with E-state index in [1.54, 1.807) is 29.9 Å². The maximum atomic E-state index is 6.28. The van der Waals surface area contributed by atoms with Gasteiger partial charge in [0.25, 0.3) is 0 Å². The van der Waals surface area contributed by atoms with E-state index in [-0.39, 0.29) is 4.87 Å². The molecule has 0 unspecified atom stereocenters. The molecule has 0 bridgehead atoms. The second kappa shape index (κ2) is 3.25. The lowest BCUT2D eigenvalue weighted by molar-refractivity contribution is 0.956. The topological polar surface area (TPSA) is 38.7 Å². The van der Waals surface area contributed by atoms with Crippen LogP contribution in [-0.2, 0) is 4.87 Å². The first kappa shape index (κ1) is 9.24. The van der Waals surface area contributed by atoms with Gasteiger partial charge in [0.1, 0.15) is 10.7 Å². The molecule has 1 saturated carbocycles. The predicted molar refractivity (Wildman–Crippen MR) is 59.9 cm³/mol. The van der Waals surface area contributed by atoms with Crippen molar-refractivity contribution in [3.8, 4) is 10.7 Å². The number of rotatable bonds is 2. The van der Waals surface area contributed by atoms with Crippen molar-refractivity contribution in [1.82, 2.24) is 15.0 Å². The van der Waals surface area contributed by atoms with E-state index in [9.17, 15) is 0 Å². The van der Waals surface area contributed by atoms with Gasteiger partial charge >= 0.3 is 0 Å². The van der Waals surface area contributed by atoms with Gasteiger partial charge in [-0.05, 0) is 12.8 Å². The van der Waals surface area contributed by atoms with Gasteiger partial charge < -0.3 is 0 Å². The van der Waals surface area contributed by atoms with Crippen molar-refractivity contribution < 1.29 is 0 Å². The standard InChI is InChI=1S/C10H8ClN3S/c11-10(1-2-10)8-6-15-9(14-8)7-5-12-3-4-13-7/h3-6H,1-2H2. The third-order valence-corrected chi connectivity index (χ3v) is 3.87. The highest BCUT2D eigenvalue weighted by Crippen LogP contribution is 2.52. The SMILES string of the molecule is ClC1(c2csc(-c3cnccn3)n2)CC1. The Labute approximate surface area is 96.2 Å². The number of nitrogens with zero attached hydrogens (tertiary/aromatic N) is 3. The highest BCUT2D eigenvalue weighted by atomic mass is 35.5. The van der Waals surface area contributed by atoms with Crippen molar-refractivity contribution in [3.05, 3.63) is 29.7 Å². The maximum absolute atomic E-state index is 6.28. The summed E-state index contributed by atoms with van der Waals surface area (Å²) in [6.07, 6.45) is 7.10. The van der Waals surface area contributed by atoms with Crippen LogP contribution in [0.2, 0.25) is 0 Å². The van der Waals surface area contributed by atoms with E-state index < -0.39 is 0 Å². The van der Waals surface area contributed by atoms with Gasteiger partial charge in [0.05, 0.1) is 16.8 Å². The average molecular weight is 238 g/mol. The van der Waals surface area contributed by atoms with E-state index in [0.29, 0.717) is 0 Å². The van der Waals surface area contributed by atoms with Crippen LogP contribution in [0.25, 0.3) is 10.7 Å². The van der Waals surface area contributed by atoms with Crippen molar-refractivity contribution in [2.45, 2.75) is 17.7 Å². The molecule has 0 amide bonds. The minimum absolute atomic E-state index is 0.184. The fourth-order valence-electron chi connectivity index (χ4n) is 1.37. The van der Waals surface area contributed by atoms with Gasteiger partial charge in [-0.1, -0.05) is 0 Å². The van der Waals surface area contributed by atoms with Gasteiger partial charge in [0.2, 0.25) is 0 Å². The Bertz CT molecular complexity index is 478. The third kappa shape index (κ3) is 1.64. The normalized spacial score (nSPS) is 17.7. The molecule has 0 spiro atoms. The summed E-state index contributed by atoms with van der Waals surface area (Å²) in [4.78, 5) is 12.5. The zero-order valence-corrected chi connectivity index (χ0v) is 9.42. The van der Waals surface area contributed by atoms with E-state index in [1.807, 2.05) is 5.38 Å². The molecule has 0 N–H and O–H groups in total. The molecule has 0 radical (unpaired) electrons. The van der Waals surface area contributed by atoms with Crippen LogP contribution in [0.5, 0.6) is 0 Å². The number of hydrogen-bond donors (Lipinski definition) is 0. The molecular weight excluding hydrogens is 230 g/mol. The van der Waals surface area contributed by atoms with Crippen molar-refractivity contribution in [2.24, 2.45) is 0 Å². The summed E-state index contributed by atoms with van der Waals surface area (Å²) in [5.74, 6) is 0. The van der Waals surface area contributed by atoms with Crippen LogP contribution in [0, 0.1) is 0 Å². The second-order valence-corrected chi connectivity index (χ2v) is 5.18. The molecule has 0 aromatic carbocycles. The predicted octanol–water partition coefficient (Wildman–Crippen LogP) is 2.83. The first-order valence-corrected chi connectivity index (χ1v) is 5.95. The second-order valence-electron chi connectivity index (χ2n) is 3.59. The van der Waals surface area contributed by atoms with Crippen molar-refractivity contribution in [2.75, 3.05) is 0 Å². The van der Waals surface area contributed by atoms with E-state index >= 15 is 0 Å². The number of aromatic nitrogens is 3. The Morgan fingerprint density at radius 3 is 2.87 bits per heavy atom. The Balaban J connectivity index is 1.97. The van der Waals surface area contributed by atoms with Crippen LogP contribution in [0.15, 0.2) is 24.0 Å². The fraction of sp³-hybridized carbons (Fsp3) is 0.300. The molecule has 0 atom stereocenters. The average Bonchev–Trinajstić information content (AvgIpc) is 2.85. The third-order valence-electron chi connectivity index (χ3n) is 2.43. The molecular formula is C10H8ClN3S. The first-order valence-electron chi connectivity index (χ1n) is 4.69. The summed E-state index contributed by atoms with van der Waals surface area (Å²) in [5, 5.41) is 2.91. The summed E-state index contributed by atoms with van der Waals surface area (Å²) in [6.45, 7) is 0. The van der Waals surface area contributed by atoms with E-state index in [2.05, 4.69) is 15.0 Å². The molecule has 0 saturated heterocycles. The maximum Gasteiger partial charge on any atom is 0.143 e. The Kier molecular flexibility index (Phi) is 2.00. The van der Waals surface area contributed by atoms with Crippen LogP contribution >= 0.6 is 22.9 Å². The Hall–Kier alpha value is -1.00. The van der Waals surface area contributed by atoms with Gasteiger partial charge in [-0.25, -0.2) is 4.98 Å². The molecule has 15 heavy (non-hydrogen) atoms. The highest BCUT2D eigenvalue weighted by molar-refractivity contribution is 7.13. The summed E-state index contributed by atoms with van der Waals surface area (Å²) >= 11 is 7.85. The fourth-order valence-corrected chi connectivity index (χ4v) is 2.51. The number of thiazole rings is 1. The molecule has 5 heteroatoms. The van der Waals surface area contributed by atoms with Crippen molar-refractivity contribution >= 4 is 22.9 Å².